The maximum absolute atomic E-state index is 12.5. The topological polar surface area (TPSA) is 84.5 Å². The van der Waals surface area contributed by atoms with Crippen molar-refractivity contribution < 1.29 is 9.21 Å². The molecule has 0 atom stereocenters. The fraction of sp³-hybridized carbons (Fsp3) is 0.333. The van der Waals surface area contributed by atoms with Crippen LogP contribution in [0, 0.1) is 0 Å². The standard InChI is InChI=1S/C15H15N5O3S2/c21-12(18-4-6-19(7-5-18)14-16-3-9-25-14)10-20-15(22)23-13(17-20)11-2-1-8-24-11/h1-3,8-9H,4-7,10H2. The first kappa shape index (κ1) is 16.0. The molecule has 3 aromatic heterocycles. The van der Waals surface area contributed by atoms with Gasteiger partial charge in [0.1, 0.15) is 6.54 Å². The van der Waals surface area contributed by atoms with Crippen LogP contribution in [0.3, 0.4) is 0 Å². The van der Waals surface area contributed by atoms with E-state index in [9.17, 15) is 9.59 Å². The van der Waals surface area contributed by atoms with Crippen LogP contribution in [-0.4, -0.2) is 51.8 Å². The summed E-state index contributed by atoms with van der Waals surface area (Å²) in [6.07, 6.45) is 1.78. The molecular weight excluding hydrogens is 362 g/mol. The molecule has 25 heavy (non-hydrogen) atoms. The highest BCUT2D eigenvalue weighted by atomic mass is 32.1. The highest BCUT2D eigenvalue weighted by molar-refractivity contribution is 7.13. The Hall–Kier alpha value is -2.46. The lowest BCUT2D eigenvalue weighted by Gasteiger charge is -2.34. The van der Waals surface area contributed by atoms with E-state index >= 15 is 0 Å². The lowest BCUT2D eigenvalue weighted by atomic mass is 10.3. The van der Waals surface area contributed by atoms with Crippen LogP contribution in [0.25, 0.3) is 10.8 Å². The van der Waals surface area contributed by atoms with Gasteiger partial charge in [-0.05, 0) is 11.4 Å². The number of rotatable bonds is 4. The summed E-state index contributed by atoms with van der Waals surface area (Å²) >= 11 is 3.02. The Balaban J connectivity index is 1.39. The van der Waals surface area contributed by atoms with Gasteiger partial charge in [0.25, 0.3) is 5.89 Å². The van der Waals surface area contributed by atoms with Gasteiger partial charge in [0.05, 0.1) is 4.88 Å². The minimum Gasteiger partial charge on any atom is -0.387 e. The van der Waals surface area contributed by atoms with Gasteiger partial charge in [-0.25, -0.2) is 9.78 Å². The number of thiophene rings is 1. The molecule has 0 radical (unpaired) electrons. The third-order valence-corrected chi connectivity index (χ3v) is 5.64. The summed E-state index contributed by atoms with van der Waals surface area (Å²) in [4.78, 5) is 33.3. The first-order chi connectivity index (χ1) is 12.2. The molecule has 4 rings (SSSR count). The average molecular weight is 377 g/mol. The van der Waals surface area contributed by atoms with Crippen LogP contribution in [0.1, 0.15) is 0 Å². The molecule has 1 aliphatic heterocycles. The molecule has 1 aliphatic rings. The molecule has 0 bridgehead atoms. The SMILES string of the molecule is O=C(Cn1nc(-c2cccs2)oc1=O)N1CCN(c2nccs2)CC1. The number of hydrogen-bond donors (Lipinski definition) is 0. The molecule has 10 heteroatoms. The molecule has 1 amide bonds. The highest BCUT2D eigenvalue weighted by Gasteiger charge is 2.24. The van der Waals surface area contributed by atoms with Crippen molar-refractivity contribution in [3.63, 3.8) is 0 Å². The highest BCUT2D eigenvalue weighted by Crippen LogP contribution is 2.21. The summed E-state index contributed by atoms with van der Waals surface area (Å²) in [5.74, 6) is -0.494. The molecule has 0 spiro atoms. The van der Waals surface area contributed by atoms with Gasteiger partial charge in [-0.15, -0.1) is 27.8 Å². The van der Waals surface area contributed by atoms with Crippen LogP contribution in [0.4, 0.5) is 5.13 Å². The minimum absolute atomic E-state index is 0.106. The van der Waals surface area contributed by atoms with Crippen LogP contribution in [0.2, 0.25) is 0 Å². The van der Waals surface area contributed by atoms with E-state index < -0.39 is 5.76 Å². The van der Waals surface area contributed by atoms with Gasteiger partial charge in [0.2, 0.25) is 5.91 Å². The van der Waals surface area contributed by atoms with E-state index in [1.165, 1.54) is 11.3 Å². The maximum atomic E-state index is 12.5. The van der Waals surface area contributed by atoms with E-state index in [0.717, 1.165) is 27.8 Å². The van der Waals surface area contributed by atoms with Crippen molar-refractivity contribution in [2.24, 2.45) is 0 Å². The van der Waals surface area contributed by atoms with Gasteiger partial charge >= 0.3 is 5.76 Å². The molecule has 4 heterocycles. The van der Waals surface area contributed by atoms with Crippen molar-refractivity contribution >= 4 is 33.7 Å². The monoisotopic (exact) mass is 377 g/mol. The Kier molecular flexibility index (Phi) is 4.36. The summed E-state index contributed by atoms with van der Waals surface area (Å²) in [6, 6.07) is 3.67. The van der Waals surface area contributed by atoms with E-state index in [0.29, 0.717) is 13.1 Å². The second-order valence-electron chi connectivity index (χ2n) is 5.49. The molecule has 0 aromatic carbocycles. The lowest BCUT2D eigenvalue weighted by molar-refractivity contribution is -0.132. The van der Waals surface area contributed by atoms with E-state index in [-0.39, 0.29) is 18.3 Å². The number of aromatic nitrogens is 3. The van der Waals surface area contributed by atoms with Gasteiger partial charge in [-0.3, -0.25) is 4.79 Å². The summed E-state index contributed by atoms with van der Waals surface area (Å²) in [5, 5.41) is 8.91. The molecule has 1 fully saturated rings. The minimum atomic E-state index is -0.613. The molecule has 8 nitrogen and oxygen atoms in total. The Labute approximate surface area is 150 Å². The van der Waals surface area contributed by atoms with Gasteiger partial charge in [0, 0.05) is 37.8 Å². The number of thiazole rings is 1. The Morgan fingerprint density at radius 2 is 2.04 bits per heavy atom. The molecule has 130 valence electrons. The summed E-state index contributed by atoms with van der Waals surface area (Å²) < 4.78 is 6.22. The third kappa shape index (κ3) is 3.35. The van der Waals surface area contributed by atoms with E-state index in [4.69, 9.17) is 4.42 Å². The van der Waals surface area contributed by atoms with Gasteiger partial charge in [0.15, 0.2) is 5.13 Å². The number of amides is 1. The second-order valence-corrected chi connectivity index (χ2v) is 7.31. The van der Waals surface area contributed by atoms with E-state index in [1.807, 2.05) is 22.9 Å². The largest absolute Gasteiger partial charge is 0.437 e. The Morgan fingerprint density at radius 3 is 2.72 bits per heavy atom. The smallest absolute Gasteiger partial charge is 0.387 e. The fourth-order valence-corrected chi connectivity index (χ4v) is 3.99. The zero-order valence-corrected chi connectivity index (χ0v) is 14.8. The van der Waals surface area contributed by atoms with Crippen molar-refractivity contribution in [1.82, 2.24) is 19.7 Å². The summed E-state index contributed by atoms with van der Waals surface area (Å²) in [5.41, 5.74) is 0. The Morgan fingerprint density at radius 1 is 1.20 bits per heavy atom. The molecule has 0 saturated carbocycles. The van der Waals surface area contributed by atoms with Crippen LogP contribution in [-0.2, 0) is 11.3 Å². The van der Waals surface area contributed by atoms with Crippen molar-refractivity contribution in [1.29, 1.82) is 0 Å². The van der Waals surface area contributed by atoms with Crippen molar-refractivity contribution in [3.05, 3.63) is 39.6 Å². The predicted molar refractivity (Wildman–Crippen MR) is 95.0 cm³/mol. The molecule has 0 unspecified atom stereocenters. The van der Waals surface area contributed by atoms with Crippen LogP contribution in [0.5, 0.6) is 0 Å². The molecule has 3 aromatic rings. The van der Waals surface area contributed by atoms with Gasteiger partial charge in [-0.1, -0.05) is 6.07 Å². The number of hydrogen-bond acceptors (Lipinski definition) is 8. The maximum Gasteiger partial charge on any atom is 0.437 e. The molecule has 0 N–H and O–H groups in total. The van der Waals surface area contributed by atoms with Crippen molar-refractivity contribution in [2.75, 3.05) is 31.1 Å². The van der Waals surface area contributed by atoms with Crippen LogP contribution in [0.15, 0.2) is 38.3 Å². The fourth-order valence-electron chi connectivity index (χ4n) is 2.65. The van der Waals surface area contributed by atoms with Gasteiger partial charge < -0.3 is 14.2 Å². The number of carbonyl (C=O) groups excluding carboxylic acids is 1. The Bertz CT molecular complexity index is 892. The average Bonchev–Trinajstić information content (AvgIpc) is 3.38. The number of carbonyl (C=O) groups is 1. The predicted octanol–water partition coefficient (Wildman–Crippen LogP) is 1.37. The zero-order chi connectivity index (χ0) is 17.2. The summed E-state index contributed by atoms with van der Waals surface area (Å²) in [6.45, 7) is 2.55. The van der Waals surface area contributed by atoms with Crippen molar-refractivity contribution in [3.8, 4) is 10.8 Å². The van der Waals surface area contributed by atoms with Crippen molar-refractivity contribution in [2.45, 2.75) is 6.54 Å². The van der Waals surface area contributed by atoms with E-state index in [1.54, 1.807) is 22.4 Å². The number of piperazine rings is 1. The van der Waals surface area contributed by atoms with Crippen LogP contribution < -0.4 is 10.7 Å². The number of anilines is 1. The lowest BCUT2D eigenvalue weighted by Crippen LogP contribution is -2.50. The molecule has 0 aliphatic carbocycles. The summed E-state index contributed by atoms with van der Waals surface area (Å²) in [7, 11) is 0. The zero-order valence-electron chi connectivity index (χ0n) is 13.2. The normalized spacial score (nSPS) is 14.9. The van der Waals surface area contributed by atoms with Gasteiger partial charge in [-0.2, -0.15) is 4.68 Å². The second kappa shape index (κ2) is 6.81. The first-order valence-electron chi connectivity index (χ1n) is 7.75. The van der Waals surface area contributed by atoms with E-state index in [2.05, 4.69) is 15.0 Å². The molecule has 1 saturated heterocycles. The third-order valence-electron chi connectivity index (χ3n) is 3.95. The molecular formula is C15H15N5O3S2. The first-order valence-corrected chi connectivity index (χ1v) is 9.51. The van der Waals surface area contributed by atoms with Crippen LogP contribution >= 0.6 is 22.7 Å². The number of nitrogens with zero attached hydrogens (tertiary/aromatic N) is 5. The quantitative estimate of drug-likeness (QED) is 0.683.